The highest BCUT2D eigenvalue weighted by Gasteiger charge is 2.18. The summed E-state index contributed by atoms with van der Waals surface area (Å²) in [7, 11) is 0. The summed E-state index contributed by atoms with van der Waals surface area (Å²) in [5.74, 6) is -1.27. The largest absolute Gasteiger partial charge is 0.481 e. The smallest absolute Gasteiger partial charge is 0.310 e. The van der Waals surface area contributed by atoms with Crippen molar-refractivity contribution in [2.24, 2.45) is 0 Å². The number of nitrogen functional groups attached to an aromatic ring is 1. The van der Waals surface area contributed by atoms with Crippen molar-refractivity contribution in [3.63, 3.8) is 0 Å². The fourth-order valence-electron chi connectivity index (χ4n) is 1.45. The first kappa shape index (κ1) is 11.3. The van der Waals surface area contributed by atoms with Crippen LogP contribution in [0.15, 0.2) is 36.9 Å². The minimum absolute atomic E-state index is 0.469. The summed E-state index contributed by atoms with van der Waals surface area (Å²) in [4.78, 5) is 11.0. The summed E-state index contributed by atoms with van der Waals surface area (Å²) in [6.07, 6.45) is 3.00. The molecule has 1 unspecified atom stereocenters. The number of benzene rings is 1. The van der Waals surface area contributed by atoms with Crippen LogP contribution in [0.3, 0.4) is 0 Å². The van der Waals surface area contributed by atoms with Gasteiger partial charge in [-0.15, -0.1) is 6.58 Å². The molecule has 3 nitrogen and oxygen atoms in total. The van der Waals surface area contributed by atoms with Gasteiger partial charge in [0.1, 0.15) is 0 Å². The Kier molecular flexibility index (Phi) is 3.92. The van der Waals surface area contributed by atoms with E-state index in [1.165, 1.54) is 0 Å². The highest BCUT2D eigenvalue weighted by Crippen LogP contribution is 2.22. The molecule has 0 heterocycles. The van der Waals surface area contributed by atoms with Crippen LogP contribution in [0.25, 0.3) is 0 Å². The van der Waals surface area contributed by atoms with Crippen LogP contribution in [-0.2, 0) is 4.79 Å². The summed E-state index contributed by atoms with van der Waals surface area (Å²) < 4.78 is 0. The van der Waals surface area contributed by atoms with Crippen molar-refractivity contribution in [3.05, 3.63) is 42.5 Å². The number of hydrogen-bond donors (Lipinski definition) is 2. The first-order valence-electron chi connectivity index (χ1n) is 4.84. The Labute approximate surface area is 89.2 Å². The molecule has 0 saturated heterocycles. The summed E-state index contributed by atoms with van der Waals surface area (Å²) >= 11 is 0. The molecule has 80 valence electrons. The van der Waals surface area contributed by atoms with Gasteiger partial charge in [0.2, 0.25) is 0 Å². The van der Waals surface area contributed by atoms with Crippen LogP contribution in [0.5, 0.6) is 0 Å². The molecular formula is C12H15NO2. The second-order valence-corrected chi connectivity index (χ2v) is 3.42. The Balaban J connectivity index is 2.83. The van der Waals surface area contributed by atoms with E-state index in [9.17, 15) is 4.79 Å². The fraction of sp³-hybridized carbons (Fsp3) is 0.250. The molecule has 0 saturated carbocycles. The van der Waals surface area contributed by atoms with Gasteiger partial charge >= 0.3 is 5.97 Å². The van der Waals surface area contributed by atoms with Gasteiger partial charge in [-0.05, 0) is 30.5 Å². The highest BCUT2D eigenvalue weighted by molar-refractivity contribution is 5.76. The lowest BCUT2D eigenvalue weighted by Gasteiger charge is -2.11. The third-order valence-electron chi connectivity index (χ3n) is 2.30. The minimum Gasteiger partial charge on any atom is -0.481 e. The Morgan fingerprint density at radius 1 is 1.47 bits per heavy atom. The average Bonchev–Trinajstić information content (AvgIpc) is 2.21. The van der Waals surface area contributed by atoms with Gasteiger partial charge in [0.05, 0.1) is 5.92 Å². The molecule has 1 aromatic rings. The fourth-order valence-corrected chi connectivity index (χ4v) is 1.45. The molecule has 0 aliphatic carbocycles. The molecule has 1 aromatic carbocycles. The lowest BCUT2D eigenvalue weighted by Crippen LogP contribution is -2.11. The molecule has 0 aliphatic rings. The number of hydrogen-bond acceptors (Lipinski definition) is 2. The number of allylic oxidation sites excluding steroid dienone is 1. The Morgan fingerprint density at radius 3 is 2.53 bits per heavy atom. The molecule has 0 amide bonds. The van der Waals surface area contributed by atoms with E-state index in [4.69, 9.17) is 10.8 Å². The van der Waals surface area contributed by atoms with Crippen LogP contribution in [0.2, 0.25) is 0 Å². The van der Waals surface area contributed by atoms with E-state index in [1.54, 1.807) is 30.3 Å². The first-order valence-corrected chi connectivity index (χ1v) is 4.84. The summed E-state index contributed by atoms with van der Waals surface area (Å²) in [6, 6.07) is 6.97. The molecule has 1 rings (SSSR count). The maximum atomic E-state index is 11.0. The number of carboxylic acids is 1. The van der Waals surface area contributed by atoms with Gasteiger partial charge in [0.25, 0.3) is 0 Å². The predicted octanol–water partition coefficient (Wildman–Crippen LogP) is 2.40. The van der Waals surface area contributed by atoms with Gasteiger partial charge in [-0.3, -0.25) is 4.79 Å². The number of aliphatic carboxylic acids is 1. The second-order valence-electron chi connectivity index (χ2n) is 3.42. The lowest BCUT2D eigenvalue weighted by molar-refractivity contribution is -0.138. The molecule has 3 N–H and O–H groups in total. The van der Waals surface area contributed by atoms with Crippen molar-refractivity contribution in [3.8, 4) is 0 Å². The predicted molar refractivity (Wildman–Crippen MR) is 60.7 cm³/mol. The van der Waals surface area contributed by atoms with E-state index in [1.807, 2.05) is 0 Å². The van der Waals surface area contributed by atoms with Crippen LogP contribution in [-0.4, -0.2) is 11.1 Å². The molecule has 3 heteroatoms. The molecule has 0 aromatic heterocycles. The van der Waals surface area contributed by atoms with Crippen molar-refractivity contribution in [1.82, 2.24) is 0 Å². The summed E-state index contributed by atoms with van der Waals surface area (Å²) in [5.41, 5.74) is 6.97. The Hall–Kier alpha value is -1.77. The highest BCUT2D eigenvalue weighted by atomic mass is 16.4. The second kappa shape index (κ2) is 5.20. The van der Waals surface area contributed by atoms with Crippen LogP contribution in [0, 0.1) is 0 Å². The summed E-state index contributed by atoms with van der Waals surface area (Å²) in [5, 5.41) is 9.06. The van der Waals surface area contributed by atoms with Gasteiger partial charge in [-0.1, -0.05) is 18.2 Å². The molecule has 0 aliphatic heterocycles. The van der Waals surface area contributed by atoms with Crippen molar-refractivity contribution in [2.45, 2.75) is 18.8 Å². The normalized spacial score (nSPS) is 12.0. The Morgan fingerprint density at radius 2 is 2.07 bits per heavy atom. The van der Waals surface area contributed by atoms with E-state index < -0.39 is 11.9 Å². The minimum atomic E-state index is -0.804. The van der Waals surface area contributed by atoms with Gasteiger partial charge < -0.3 is 10.8 Å². The van der Waals surface area contributed by atoms with Gasteiger partial charge in [-0.2, -0.15) is 0 Å². The molecule has 0 spiro atoms. The van der Waals surface area contributed by atoms with Gasteiger partial charge in [-0.25, -0.2) is 0 Å². The van der Waals surface area contributed by atoms with Gasteiger partial charge in [0.15, 0.2) is 0 Å². The zero-order valence-electron chi connectivity index (χ0n) is 8.52. The van der Waals surface area contributed by atoms with Crippen molar-refractivity contribution in [2.75, 3.05) is 5.73 Å². The topological polar surface area (TPSA) is 63.3 Å². The summed E-state index contributed by atoms with van der Waals surface area (Å²) in [6.45, 7) is 3.59. The van der Waals surface area contributed by atoms with Crippen LogP contribution in [0.1, 0.15) is 24.3 Å². The zero-order chi connectivity index (χ0) is 11.3. The van der Waals surface area contributed by atoms with E-state index in [0.29, 0.717) is 18.5 Å². The monoisotopic (exact) mass is 205 g/mol. The number of nitrogens with two attached hydrogens (primary N) is 1. The molecule has 1 atom stereocenters. The first-order chi connectivity index (χ1) is 7.15. The molecule has 15 heavy (non-hydrogen) atoms. The third-order valence-corrected chi connectivity index (χ3v) is 2.30. The van der Waals surface area contributed by atoms with Gasteiger partial charge in [0, 0.05) is 5.69 Å². The molecular weight excluding hydrogens is 190 g/mol. The van der Waals surface area contributed by atoms with Crippen LogP contribution >= 0.6 is 0 Å². The van der Waals surface area contributed by atoms with Crippen LogP contribution in [0.4, 0.5) is 5.69 Å². The molecule has 0 fully saturated rings. The van der Waals surface area contributed by atoms with Crippen LogP contribution < -0.4 is 5.73 Å². The maximum Gasteiger partial charge on any atom is 0.310 e. The van der Waals surface area contributed by atoms with Crippen molar-refractivity contribution < 1.29 is 9.90 Å². The Bertz CT molecular complexity index is 343. The number of carbonyl (C=O) groups is 1. The average molecular weight is 205 g/mol. The van der Waals surface area contributed by atoms with E-state index >= 15 is 0 Å². The maximum absolute atomic E-state index is 11.0. The van der Waals surface area contributed by atoms with Crippen molar-refractivity contribution >= 4 is 11.7 Å². The third kappa shape index (κ3) is 3.13. The lowest BCUT2D eigenvalue weighted by atomic mass is 9.94. The zero-order valence-corrected chi connectivity index (χ0v) is 8.52. The number of anilines is 1. The SMILES string of the molecule is C=CCCC(C(=O)O)c1ccc(N)cc1. The van der Waals surface area contributed by atoms with Crippen molar-refractivity contribution in [1.29, 1.82) is 0 Å². The van der Waals surface area contributed by atoms with E-state index in [2.05, 4.69) is 6.58 Å². The van der Waals surface area contributed by atoms with E-state index in [0.717, 1.165) is 5.56 Å². The number of carboxylic acid groups (broad SMARTS) is 1. The molecule has 0 bridgehead atoms. The standard InChI is InChI=1S/C12H15NO2/c1-2-3-4-11(12(14)15)9-5-7-10(13)8-6-9/h2,5-8,11H,1,3-4,13H2,(H,14,15). The molecule has 0 radical (unpaired) electrons. The quantitative estimate of drug-likeness (QED) is 0.573. The number of rotatable bonds is 5. The van der Waals surface area contributed by atoms with E-state index in [-0.39, 0.29) is 0 Å².